The monoisotopic (exact) mass is 571 g/mol. The first kappa shape index (κ1) is 30.0. The van der Waals surface area contributed by atoms with Crippen LogP contribution in [0, 0.1) is 0 Å². The van der Waals surface area contributed by atoms with E-state index in [-0.39, 0.29) is 29.1 Å². The summed E-state index contributed by atoms with van der Waals surface area (Å²) in [5.74, 6) is -0.360. The Morgan fingerprint density at radius 2 is 1.56 bits per heavy atom. The van der Waals surface area contributed by atoms with Crippen molar-refractivity contribution in [2.45, 2.75) is 50.7 Å². The van der Waals surface area contributed by atoms with Gasteiger partial charge in [-0.25, -0.2) is 8.42 Å². The third-order valence-corrected chi connectivity index (χ3v) is 8.59. The molecule has 3 aromatic rings. The highest BCUT2D eigenvalue weighted by molar-refractivity contribution is 7.92. The molecule has 2 unspecified atom stereocenters. The molecular weight excluding hydrogens is 538 g/mol. The molecule has 3 aromatic carbocycles. The summed E-state index contributed by atoms with van der Waals surface area (Å²) in [6.07, 6.45) is 0.720. The van der Waals surface area contributed by atoms with Crippen LogP contribution in [-0.4, -0.2) is 50.9 Å². The van der Waals surface area contributed by atoms with Crippen LogP contribution >= 0.6 is 11.6 Å². The number of halogens is 1. The van der Waals surface area contributed by atoms with Crippen LogP contribution in [-0.2, 0) is 26.2 Å². The molecule has 8 nitrogen and oxygen atoms in total. The van der Waals surface area contributed by atoms with E-state index in [1.54, 1.807) is 73.7 Å². The molecule has 0 aliphatic carbocycles. The van der Waals surface area contributed by atoms with Gasteiger partial charge in [0.2, 0.25) is 11.8 Å². The number of methoxy groups -OCH3 is 1. The lowest BCUT2D eigenvalue weighted by Crippen LogP contribution is -2.52. The fraction of sp³-hybridized carbons (Fsp3) is 0.310. The number of nitrogens with zero attached hydrogens (tertiary/aromatic N) is 2. The van der Waals surface area contributed by atoms with Gasteiger partial charge in [-0.05, 0) is 68.3 Å². The van der Waals surface area contributed by atoms with Crippen LogP contribution in [0.4, 0.5) is 5.69 Å². The predicted octanol–water partition coefficient (Wildman–Crippen LogP) is 4.88. The van der Waals surface area contributed by atoms with Crippen molar-refractivity contribution >= 4 is 39.1 Å². The number of amides is 2. The molecule has 0 aliphatic rings. The average Bonchev–Trinajstić information content (AvgIpc) is 2.95. The molecule has 0 saturated heterocycles. The van der Waals surface area contributed by atoms with Gasteiger partial charge in [-0.3, -0.25) is 13.9 Å². The van der Waals surface area contributed by atoms with Crippen LogP contribution in [0.15, 0.2) is 83.8 Å². The highest BCUT2D eigenvalue weighted by atomic mass is 35.5. The molecule has 0 bridgehead atoms. The van der Waals surface area contributed by atoms with Crippen LogP contribution in [0.25, 0.3) is 0 Å². The van der Waals surface area contributed by atoms with E-state index in [1.807, 2.05) is 13.8 Å². The quantitative estimate of drug-likeness (QED) is 0.334. The molecule has 0 aromatic heterocycles. The Balaban J connectivity index is 2.02. The van der Waals surface area contributed by atoms with Gasteiger partial charge >= 0.3 is 0 Å². The maximum absolute atomic E-state index is 13.9. The van der Waals surface area contributed by atoms with Crippen molar-refractivity contribution in [3.05, 3.63) is 89.4 Å². The molecule has 0 radical (unpaired) electrons. The minimum Gasteiger partial charge on any atom is -0.497 e. The van der Waals surface area contributed by atoms with Gasteiger partial charge < -0.3 is 15.0 Å². The number of carbonyl (C=O) groups is 2. The standard InChI is InChI=1S/C29H34ClN3O5S/c1-5-21(2)31-29(35)22(3)32(19-23-11-9-10-14-27(23)30)28(34)20-33(24-15-17-25(38-4)18-16-24)39(36,37)26-12-7-6-8-13-26/h6-18,21-22H,5,19-20H2,1-4H3,(H,31,35). The van der Waals surface area contributed by atoms with Gasteiger partial charge in [0, 0.05) is 17.6 Å². The largest absolute Gasteiger partial charge is 0.497 e. The molecule has 2 amide bonds. The Bertz CT molecular complexity index is 1370. The van der Waals surface area contributed by atoms with Crippen molar-refractivity contribution in [2.24, 2.45) is 0 Å². The molecule has 0 heterocycles. The van der Waals surface area contributed by atoms with Crippen molar-refractivity contribution in [1.29, 1.82) is 0 Å². The number of hydrogen-bond donors (Lipinski definition) is 1. The second-order valence-corrected chi connectivity index (χ2v) is 11.4. The number of rotatable bonds is 12. The summed E-state index contributed by atoms with van der Waals surface area (Å²) in [6.45, 7) is 4.94. The van der Waals surface area contributed by atoms with Crippen LogP contribution < -0.4 is 14.4 Å². The highest BCUT2D eigenvalue weighted by Crippen LogP contribution is 2.27. The van der Waals surface area contributed by atoms with Gasteiger partial charge in [-0.15, -0.1) is 0 Å². The summed E-state index contributed by atoms with van der Waals surface area (Å²) >= 11 is 6.39. The Kier molecular flexibility index (Phi) is 10.4. The van der Waals surface area contributed by atoms with E-state index in [2.05, 4.69) is 5.32 Å². The summed E-state index contributed by atoms with van der Waals surface area (Å²) in [5.41, 5.74) is 0.917. The van der Waals surface area contributed by atoms with Gasteiger partial charge in [0.25, 0.3) is 10.0 Å². The number of benzene rings is 3. The number of hydrogen-bond acceptors (Lipinski definition) is 5. The van der Waals surface area contributed by atoms with E-state index < -0.39 is 28.5 Å². The number of anilines is 1. The van der Waals surface area contributed by atoms with Gasteiger partial charge in [0.15, 0.2) is 0 Å². The summed E-state index contributed by atoms with van der Waals surface area (Å²) in [5, 5.41) is 3.35. The van der Waals surface area contributed by atoms with Crippen LogP contribution in [0.5, 0.6) is 5.75 Å². The second-order valence-electron chi connectivity index (χ2n) is 9.13. The second kappa shape index (κ2) is 13.5. The number of nitrogens with one attached hydrogen (secondary N) is 1. The molecule has 0 fully saturated rings. The lowest BCUT2D eigenvalue weighted by atomic mass is 10.1. The first-order chi connectivity index (χ1) is 18.6. The third kappa shape index (κ3) is 7.52. The fourth-order valence-electron chi connectivity index (χ4n) is 3.86. The van der Waals surface area contributed by atoms with E-state index in [0.29, 0.717) is 16.3 Å². The molecule has 0 aliphatic heterocycles. The van der Waals surface area contributed by atoms with Crippen molar-refractivity contribution in [3.63, 3.8) is 0 Å². The van der Waals surface area contributed by atoms with Crippen molar-refractivity contribution < 1.29 is 22.7 Å². The van der Waals surface area contributed by atoms with Crippen molar-refractivity contribution in [1.82, 2.24) is 10.2 Å². The predicted molar refractivity (Wildman–Crippen MR) is 153 cm³/mol. The van der Waals surface area contributed by atoms with Gasteiger partial charge in [0.05, 0.1) is 17.7 Å². The fourth-order valence-corrected chi connectivity index (χ4v) is 5.49. The maximum atomic E-state index is 13.9. The lowest BCUT2D eigenvalue weighted by molar-refractivity contribution is -0.139. The van der Waals surface area contributed by atoms with Crippen LogP contribution in [0.1, 0.15) is 32.8 Å². The van der Waals surface area contributed by atoms with E-state index in [4.69, 9.17) is 16.3 Å². The highest BCUT2D eigenvalue weighted by Gasteiger charge is 2.33. The topological polar surface area (TPSA) is 96.0 Å². The minimum atomic E-state index is -4.13. The van der Waals surface area contributed by atoms with E-state index in [9.17, 15) is 18.0 Å². The van der Waals surface area contributed by atoms with Gasteiger partial charge in [0.1, 0.15) is 18.3 Å². The minimum absolute atomic E-state index is 0.0233. The Morgan fingerprint density at radius 3 is 2.15 bits per heavy atom. The lowest BCUT2D eigenvalue weighted by Gasteiger charge is -2.32. The summed E-state index contributed by atoms with van der Waals surface area (Å²) in [4.78, 5) is 28.4. The summed E-state index contributed by atoms with van der Waals surface area (Å²) < 4.78 is 33.8. The number of carbonyl (C=O) groups excluding carboxylic acids is 2. The molecular formula is C29H34ClN3O5S. The average molecular weight is 572 g/mol. The maximum Gasteiger partial charge on any atom is 0.264 e. The number of sulfonamides is 1. The molecule has 10 heteroatoms. The molecule has 0 spiro atoms. The summed E-state index contributed by atoms with van der Waals surface area (Å²) in [7, 11) is -2.62. The summed E-state index contributed by atoms with van der Waals surface area (Å²) in [6, 6.07) is 20.3. The molecule has 3 rings (SSSR count). The molecule has 2 atom stereocenters. The smallest absolute Gasteiger partial charge is 0.264 e. The van der Waals surface area contributed by atoms with Crippen molar-refractivity contribution in [2.75, 3.05) is 18.0 Å². The SMILES string of the molecule is CCC(C)NC(=O)C(C)N(Cc1ccccc1Cl)C(=O)CN(c1ccc(OC)cc1)S(=O)(=O)c1ccccc1. The first-order valence-corrected chi connectivity index (χ1v) is 14.4. The molecule has 208 valence electrons. The zero-order chi connectivity index (χ0) is 28.6. The molecule has 1 N–H and O–H groups in total. The van der Waals surface area contributed by atoms with Gasteiger partial charge in [-0.1, -0.05) is 54.9 Å². The zero-order valence-electron chi connectivity index (χ0n) is 22.5. The molecule has 39 heavy (non-hydrogen) atoms. The van der Waals surface area contributed by atoms with Crippen molar-refractivity contribution in [3.8, 4) is 5.75 Å². The first-order valence-electron chi connectivity index (χ1n) is 12.6. The van der Waals surface area contributed by atoms with E-state index in [0.717, 1.165) is 10.7 Å². The van der Waals surface area contributed by atoms with Gasteiger partial charge in [-0.2, -0.15) is 0 Å². The Morgan fingerprint density at radius 1 is 0.949 bits per heavy atom. The Hall–Kier alpha value is -3.56. The Labute approximate surface area is 235 Å². The molecule has 0 saturated carbocycles. The van der Waals surface area contributed by atoms with E-state index in [1.165, 1.54) is 24.1 Å². The van der Waals surface area contributed by atoms with Crippen LogP contribution in [0.2, 0.25) is 5.02 Å². The third-order valence-electron chi connectivity index (χ3n) is 6.44. The zero-order valence-corrected chi connectivity index (χ0v) is 24.1. The van der Waals surface area contributed by atoms with Crippen LogP contribution in [0.3, 0.4) is 0 Å². The number of ether oxygens (including phenoxy) is 1. The normalized spacial score (nSPS) is 12.7. The van der Waals surface area contributed by atoms with E-state index >= 15 is 0 Å².